The van der Waals surface area contributed by atoms with Gasteiger partial charge in [0.2, 0.25) is 6.08 Å². The smallest absolute Gasteiger partial charge is 0.318 e. The van der Waals surface area contributed by atoms with E-state index in [2.05, 4.69) is 56.9 Å². The summed E-state index contributed by atoms with van der Waals surface area (Å²) in [5.41, 5.74) is 0.0476. The van der Waals surface area contributed by atoms with E-state index in [0.29, 0.717) is 12.5 Å². The second kappa shape index (κ2) is 8.10. The fourth-order valence-electron chi connectivity index (χ4n) is 5.35. The quantitative estimate of drug-likeness (QED) is 0.615. The number of nitrogens with zero attached hydrogens (tertiary/aromatic N) is 3. The minimum atomic E-state index is -0.0581. The molecule has 6 nitrogen and oxygen atoms in total. The molecule has 1 aliphatic carbocycles. The van der Waals surface area contributed by atoms with Crippen LogP contribution in [0.5, 0.6) is 0 Å². The van der Waals surface area contributed by atoms with Crippen LogP contribution < -0.4 is 5.32 Å². The zero-order valence-electron chi connectivity index (χ0n) is 17.3. The lowest BCUT2D eigenvalue weighted by Gasteiger charge is -2.47. The van der Waals surface area contributed by atoms with Crippen LogP contribution in [0.3, 0.4) is 0 Å². The molecule has 1 saturated heterocycles. The third-order valence-corrected chi connectivity index (χ3v) is 5.86. The van der Waals surface area contributed by atoms with Gasteiger partial charge in [-0.3, -0.25) is 4.90 Å². The van der Waals surface area contributed by atoms with Gasteiger partial charge in [0.1, 0.15) is 0 Å². The number of urea groups is 1. The number of carbonyl (C=O) groups excluding carboxylic acids is 2. The van der Waals surface area contributed by atoms with Crippen molar-refractivity contribution in [2.24, 2.45) is 21.7 Å². The Bertz CT molecular complexity index is 556. The molecule has 6 heteroatoms. The molecule has 0 bridgehead atoms. The molecule has 3 unspecified atom stereocenters. The van der Waals surface area contributed by atoms with E-state index in [0.717, 1.165) is 38.8 Å². The van der Waals surface area contributed by atoms with Crippen molar-refractivity contribution in [3.05, 3.63) is 0 Å². The summed E-state index contributed by atoms with van der Waals surface area (Å²) in [7, 11) is 2.09. The van der Waals surface area contributed by atoms with Crippen molar-refractivity contribution in [1.82, 2.24) is 15.1 Å². The highest BCUT2D eigenvalue weighted by Crippen LogP contribution is 2.46. The molecule has 0 spiro atoms. The maximum absolute atomic E-state index is 12.9. The average Bonchev–Trinajstić information content (AvgIpc) is 2.50. The van der Waals surface area contributed by atoms with Crippen molar-refractivity contribution in [3.63, 3.8) is 0 Å². The number of isocyanates is 1. The van der Waals surface area contributed by atoms with Crippen LogP contribution in [0.15, 0.2) is 4.99 Å². The molecule has 0 radical (unpaired) electrons. The molecule has 2 fully saturated rings. The van der Waals surface area contributed by atoms with Crippen LogP contribution in [-0.2, 0) is 4.79 Å². The first kappa shape index (κ1) is 20.9. The SMILES string of the molecule is CC(C)C1N(C)CCCN1C(=O)NCC1(C)CC(N=C=O)CC(C)(C)C1. The lowest BCUT2D eigenvalue weighted by molar-refractivity contribution is 0.0166. The Morgan fingerprint density at radius 3 is 2.58 bits per heavy atom. The van der Waals surface area contributed by atoms with Gasteiger partial charge < -0.3 is 10.2 Å². The topological polar surface area (TPSA) is 65.0 Å². The van der Waals surface area contributed by atoms with Crippen molar-refractivity contribution < 1.29 is 9.59 Å². The van der Waals surface area contributed by atoms with Gasteiger partial charge in [-0.25, -0.2) is 14.6 Å². The van der Waals surface area contributed by atoms with Gasteiger partial charge in [0.05, 0.1) is 12.2 Å². The molecule has 2 aliphatic rings. The van der Waals surface area contributed by atoms with Gasteiger partial charge in [-0.2, -0.15) is 0 Å². The molecule has 3 atom stereocenters. The molecule has 26 heavy (non-hydrogen) atoms. The van der Waals surface area contributed by atoms with E-state index in [1.165, 1.54) is 0 Å². The summed E-state index contributed by atoms with van der Waals surface area (Å²) >= 11 is 0. The number of rotatable bonds is 4. The highest BCUT2D eigenvalue weighted by Gasteiger charge is 2.42. The predicted octanol–water partition coefficient (Wildman–Crippen LogP) is 3.24. The fourth-order valence-corrected chi connectivity index (χ4v) is 5.35. The molecular weight excluding hydrogens is 328 g/mol. The summed E-state index contributed by atoms with van der Waals surface area (Å²) in [4.78, 5) is 31.9. The van der Waals surface area contributed by atoms with Gasteiger partial charge in [-0.15, -0.1) is 0 Å². The first-order valence-corrected chi connectivity index (χ1v) is 9.89. The molecule has 0 aromatic carbocycles. The second-order valence-corrected chi connectivity index (χ2v) is 9.78. The maximum atomic E-state index is 12.9. The zero-order chi connectivity index (χ0) is 19.5. The Morgan fingerprint density at radius 2 is 1.96 bits per heavy atom. The Hall–Kier alpha value is -1.39. The van der Waals surface area contributed by atoms with E-state index < -0.39 is 0 Å². The fraction of sp³-hybridized carbons (Fsp3) is 0.900. The number of nitrogens with one attached hydrogen (secondary N) is 1. The van der Waals surface area contributed by atoms with Crippen LogP contribution in [0.25, 0.3) is 0 Å². The van der Waals surface area contributed by atoms with Crippen LogP contribution in [0.4, 0.5) is 4.79 Å². The van der Waals surface area contributed by atoms with E-state index in [1.54, 1.807) is 6.08 Å². The molecule has 1 aliphatic heterocycles. The van der Waals surface area contributed by atoms with E-state index in [9.17, 15) is 9.59 Å². The first-order chi connectivity index (χ1) is 12.1. The minimum absolute atomic E-state index is 0.00249. The van der Waals surface area contributed by atoms with Crippen LogP contribution in [0.1, 0.15) is 60.3 Å². The van der Waals surface area contributed by atoms with E-state index in [-0.39, 0.29) is 29.1 Å². The zero-order valence-corrected chi connectivity index (χ0v) is 17.3. The van der Waals surface area contributed by atoms with Crippen molar-refractivity contribution in [3.8, 4) is 0 Å². The largest absolute Gasteiger partial charge is 0.337 e. The average molecular weight is 365 g/mol. The summed E-state index contributed by atoms with van der Waals surface area (Å²) in [5.74, 6) is 0.390. The van der Waals surface area contributed by atoms with Crippen LogP contribution >= 0.6 is 0 Å². The molecular formula is C20H36N4O2. The van der Waals surface area contributed by atoms with Gasteiger partial charge in [0, 0.05) is 19.6 Å². The van der Waals surface area contributed by atoms with Crippen LogP contribution in [0.2, 0.25) is 0 Å². The van der Waals surface area contributed by atoms with Gasteiger partial charge in [0.15, 0.2) is 0 Å². The third kappa shape index (κ3) is 5.08. The van der Waals surface area contributed by atoms with Crippen molar-refractivity contribution in [1.29, 1.82) is 0 Å². The monoisotopic (exact) mass is 364 g/mol. The molecule has 0 aromatic heterocycles. The molecule has 148 valence electrons. The first-order valence-electron chi connectivity index (χ1n) is 9.89. The van der Waals surface area contributed by atoms with Crippen molar-refractivity contribution >= 4 is 12.1 Å². The van der Waals surface area contributed by atoms with Crippen LogP contribution in [0, 0.1) is 16.7 Å². The Kier molecular flexibility index (Phi) is 6.51. The van der Waals surface area contributed by atoms with E-state index in [4.69, 9.17) is 0 Å². The minimum Gasteiger partial charge on any atom is -0.337 e. The van der Waals surface area contributed by atoms with Crippen molar-refractivity contribution in [2.45, 2.75) is 72.5 Å². The van der Waals surface area contributed by atoms with E-state index in [1.807, 2.05) is 4.90 Å². The maximum Gasteiger partial charge on any atom is 0.318 e. The summed E-state index contributed by atoms with van der Waals surface area (Å²) in [6.07, 6.45) is 5.61. The third-order valence-electron chi connectivity index (χ3n) is 5.86. The Balaban J connectivity index is 2.03. The predicted molar refractivity (Wildman–Crippen MR) is 104 cm³/mol. The normalized spacial score (nSPS) is 32.2. The molecule has 0 aromatic rings. The summed E-state index contributed by atoms with van der Waals surface area (Å²) in [5, 5.41) is 3.19. The summed E-state index contributed by atoms with van der Waals surface area (Å²) < 4.78 is 0. The molecule has 1 N–H and O–H groups in total. The molecule has 1 saturated carbocycles. The highest BCUT2D eigenvalue weighted by molar-refractivity contribution is 5.74. The van der Waals surface area contributed by atoms with Crippen LogP contribution in [-0.4, -0.2) is 60.8 Å². The van der Waals surface area contributed by atoms with Crippen molar-refractivity contribution in [2.75, 3.05) is 26.7 Å². The molecule has 1 heterocycles. The summed E-state index contributed by atoms with van der Waals surface area (Å²) in [6.45, 7) is 13.4. The number of carbonyl (C=O) groups is 1. The highest BCUT2D eigenvalue weighted by atomic mass is 16.2. The molecule has 2 amide bonds. The van der Waals surface area contributed by atoms with Gasteiger partial charge in [0.25, 0.3) is 0 Å². The number of aliphatic imine (C=N–C) groups is 1. The number of hydrogen-bond acceptors (Lipinski definition) is 4. The number of amides is 2. The van der Waals surface area contributed by atoms with E-state index >= 15 is 0 Å². The lowest BCUT2D eigenvalue weighted by Crippen LogP contribution is -2.60. The summed E-state index contributed by atoms with van der Waals surface area (Å²) in [6, 6.07) is 0.0259. The van der Waals surface area contributed by atoms with Gasteiger partial charge in [-0.1, -0.05) is 34.6 Å². The lowest BCUT2D eigenvalue weighted by atomic mass is 9.63. The number of hydrogen-bond donors (Lipinski definition) is 1. The Morgan fingerprint density at radius 1 is 1.27 bits per heavy atom. The van der Waals surface area contributed by atoms with Gasteiger partial charge >= 0.3 is 6.03 Å². The standard InChI is InChI=1S/C20H36N4O2/c1-15(2)17-23(6)8-7-9-24(17)18(26)21-13-20(5)11-16(22-14-25)10-19(3,4)12-20/h15-17H,7-13H2,1-6H3,(H,21,26). The second-order valence-electron chi connectivity index (χ2n) is 9.78. The van der Waals surface area contributed by atoms with Gasteiger partial charge in [-0.05, 0) is 49.5 Å². The Labute approximate surface area is 158 Å². The molecule has 2 rings (SSSR count).